The van der Waals surface area contributed by atoms with Crippen LogP contribution >= 0.6 is 0 Å². The molecule has 2 bridgehead atoms. The van der Waals surface area contributed by atoms with Gasteiger partial charge in [0.15, 0.2) is 0 Å². The predicted molar refractivity (Wildman–Crippen MR) is 172 cm³/mol. The summed E-state index contributed by atoms with van der Waals surface area (Å²) in [4.78, 5) is 2.60. The monoisotopic (exact) mass is 547 g/mol. The molecule has 2 aromatic heterocycles. The average Bonchev–Trinajstić information content (AvgIpc) is 3.60. The van der Waals surface area contributed by atoms with Crippen LogP contribution in [-0.2, 0) is 4.74 Å². The molecule has 214 valence electrons. The quantitative estimate of drug-likeness (QED) is 0.192. The number of fused-ring (bicyclic) bond motifs is 13. The van der Waals surface area contributed by atoms with Crippen molar-refractivity contribution in [2.45, 2.75) is 108 Å². The number of nitrogens with zero attached hydrogens (tertiary/aromatic N) is 3. The number of aromatic nitrogens is 2. The van der Waals surface area contributed by atoms with Crippen LogP contribution in [0.2, 0.25) is 0 Å². The number of benzene rings is 3. The van der Waals surface area contributed by atoms with E-state index in [1.54, 1.807) is 11.1 Å². The van der Waals surface area contributed by atoms with Crippen molar-refractivity contribution < 1.29 is 4.74 Å². The largest absolute Gasteiger partial charge is 0.334 e. The van der Waals surface area contributed by atoms with E-state index >= 15 is 0 Å². The van der Waals surface area contributed by atoms with Gasteiger partial charge in [-0.1, -0.05) is 13.8 Å². The average molecular weight is 548 g/mol. The van der Waals surface area contributed by atoms with Crippen molar-refractivity contribution in [3.63, 3.8) is 0 Å². The maximum absolute atomic E-state index is 7.29. The molecule has 41 heavy (non-hydrogen) atoms. The molecule has 4 nitrogen and oxygen atoms in total. The standard InChI is InChI=1S/C37H45N3O/c1-14-16(3)20(7)32-26(18(14)5)30-28-24(11)38(13)25(12)29(28)31-27-19(6)15(2)17(4)21(8)33(27)40-35(31)34(30)39(32)36-22(9)23(10)37(40)41-36/h22-25,36-37H,1-13H3. The first-order valence-electron chi connectivity index (χ1n) is 15.7. The topological polar surface area (TPSA) is 22.3 Å². The molecular formula is C37H45N3O. The van der Waals surface area contributed by atoms with Crippen molar-refractivity contribution in [3.05, 3.63) is 55.6 Å². The summed E-state index contributed by atoms with van der Waals surface area (Å²) in [6.07, 6.45) is 0.0393. The van der Waals surface area contributed by atoms with Gasteiger partial charge in [-0.25, -0.2) is 0 Å². The maximum atomic E-state index is 7.29. The van der Waals surface area contributed by atoms with E-state index in [1.165, 1.54) is 88.1 Å². The van der Waals surface area contributed by atoms with Gasteiger partial charge in [-0.05, 0) is 132 Å². The second-order valence-corrected chi connectivity index (χ2v) is 14.1. The molecule has 3 aromatic carbocycles. The van der Waals surface area contributed by atoms with Crippen molar-refractivity contribution in [1.29, 1.82) is 0 Å². The first kappa shape index (κ1) is 25.9. The van der Waals surface area contributed by atoms with Crippen molar-refractivity contribution >= 4 is 43.6 Å². The lowest BCUT2D eigenvalue weighted by atomic mass is 9.87. The molecule has 0 spiro atoms. The minimum atomic E-state index is 0.0196. The second kappa shape index (κ2) is 7.76. The molecule has 5 aromatic rings. The lowest BCUT2D eigenvalue weighted by Gasteiger charge is -2.24. The maximum Gasteiger partial charge on any atom is 0.140 e. The van der Waals surface area contributed by atoms with E-state index in [1.807, 2.05) is 0 Å². The lowest BCUT2D eigenvalue weighted by molar-refractivity contribution is -0.0373. The first-order chi connectivity index (χ1) is 19.3. The van der Waals surface area contributed by atoms with Gasteiger partial charge in [0.25, 0.3) is 0 Å². The highest BCUT2D eigenvalue weighted by Gasteiger charge is 2.48. The Bertz CT molecular complexity index is 1910. The van der Waals surface area contributed by atoms with E-state index < -0.39 is 0 Å². The third kappa shape index (κ3) is 2.59. The highest BCUT2D eigenvalue weighted by atomic mass is 16.5. The van der Waals surface area contributed by atoms with Crippen LogP contribution in [0.15, 0.2) is 0 Å². The van der Waals surface area contributed by atoms with Gasteiger partial charge >= 0.3 is 0 Å². The molecule has 4 heteroatoms. The summed E-state index contributed by atoms with van der Waals surface area (Å²) in [6.45, 7) is 28.4. The van der Waals surface area contributed by atoms with Crippen molar-refractivity contribution in [2.75, 3.05) is 7.05 Å². The molecule has 1 saturated heterocycles. The Morgan fingerprint density at radius 3 is 1.15 bits per heavy atom. The summed E-state index contributed by atoms with van der Waals surface area (Å²) in [5, 5.41) is 5.89. The van der Waals surface area contributed by atoms with Crippen molar-refractivity contribution in [3.8, 4) is 0 Å². The Balaban J connectivity index is 1.83. The molecule has 1 fully saturated rings. The van der Waals surface area contributed by atoms with E-state index in [2.05, 4.69) is 104 Å². The van der Waals surface area contributed by atoms with Crippen molar-refractivity contribution in [1.82, 2.24) is 14.0 Å². The summed E-state index contributed by atoms with van der Waals surface area (Å²) in [6, 6.07) is 0.683. The van der Waals surface area contributed by atoms with Crippen LogP contribution in [0.1, 0.15) is 108 Å². The Labute approximate surface area is 244 Å². The zero-order valence-corrected chi connectivity index (χ0v) is 27.2. The van der Waals surface area contributed by atoms with Gasteiger partial charge in [-0.2, -0.15) is 0 Å². The van der Waals surface area contributed by atoms with Crippen molar-refractivity contribution in [2.24, 2.45) is 11.8 Å². The van der Waals surface area contributed by atoms with Crippen LogP contribution in [0.3, 0.4) is 0 Å². The number of hydrogen-bond acceptors (Lipinski definition) is 2. The molecule has 8 rings (SSSR count). The zero-order chi connectivity index (χ0) is 29.3. The fourth-order valence-electron chi connectivity index (χ4n) is 9.38. The van der Waals surface area contributed by atoms with Crippen LogP contribution in [0.25, 0.3) is 43.6 Å². The van der Waals surface area contributed by atoms with E-state index in [9.17, 15) is 0 Å². The zero-order valence-electron chi connectivity index (χ0n) is 27.2. The molecule has 3 aliphatic rings. The van der Waals surface area contributed by atoms with E-state index in [0.29, 0.717) is 23.9 Å². The summed E-state index contributed by atoms with van der Waals surface area (Å²) in [5.41, 5.74) is 20.1. The van der Waals surface area contributed by atoms with Crippen LogP contribution in [-0.4, -0.2) is 21.1 Å². The molecule has 0 radical (unpaired) electrons. The molecule has 0 saturated carbocycles. The van der Waals surface area contributed by atoms with Gasteiger partial charge in [-0.3, -0.25) is 4.90 Å². The SMILES string of the molecule is Cc1c(C)c(C)c2c(c1C)c1c3c(c4c5c(C)c(C)c(C)c(C)c5n5c4c1n2C1OC5C(C)C1C)C(C)N(C)C3C. The molecule has 6 unspecified atom stereocenters. The normalized spacial score (nSPS) is 27.4. The van der Waals surface area contributed by atoms with Gasteiger partial charge in [0.1, 0.15) is 12.5 Å². The summed E-state index contributed by atoms with van der Waals surface area (Å²) in [7, 11) is 2.33. The first-order valence-corrected chi connectivity index (χ1v) is 15.7. The summed E-state index contributed by atoms with van der Waals surface area (Å²) >= 11 is 0. The Morgan fingerprint density at radius 1 is 0.439 bits per heavy atom. The van der Waals surface area contributed by atoms with Gasteiger partial charge in [0.05, 0.1) is 22.1 Å². The Hall–Kier alpha value is -2.82. The number of hydrogen-bond donors (Lipinski definition) is 0. The van der Waals surface area contributed by atoms with Gasteiger partial charge in [0.2, 0.25) is 0 Å². The molecule has 0 amide bonds. The third-order valence-corrected chi connectivity index (χ3v) is 12.9. The molecule has 0 aliphatic carbocycles. The Morgan fingerprint density at radius 2 is 0.780 bits per heavy atom. The van der Waals surface area contributed by atoms with Gasteiger partial charge in [-0.15, -0.1) is 0 Å². The van der Waals surface area contributed by atoms with Crippen LogP contribution in [0, 0.1) is 67.2 Å². The molecular weight excluding hydrogens is 502 g/mol. The summed E-state index contributed by atoms with van der Waals surface area (Å²) < 4.78 is 12.7. The number of rotatable bonds is 0. The molecule has 5 heterocycles. The van der Waals surface area contributed by atoms with Crippen LogP contribution in [0.5, 0.6) is 0 Å². The van der Waals surface area contributed by atoms with Gasteiger partial charge in [0, 0.05) is 45.5 Å². The molecule has 0 N–H and O–H groups in total. The third-order valence-electron chi connectivity index (χ3n) is 12.9. The fraction of sp³-hybridized carbons (Fsp3) is 0.514. The smallest absolute Gasteiger partial charge is 0.140 e. The van der Waals surface area contributed by atoms with Crippen LogP contribution < -0.4 is 0 Å². The number of aryl methyl sites for hydroxylation is 4. The second-order valence-electron chi connectivity index (χ2n) is 14.1. The van der Waals surface area contributed by atoms with Crippen LogP contribution in [0.4, 0.5) is 0 Å². The van der Waals surface area contributed by atoms with E-state index in [0.717, 1.165) is 0 Å². The van der Waals surface area contributed by atoms with Gasteiger partial charge < -0.3 is 13.9 Å². The predicted octanol–water partition coefficient (Wildman–Crippen LogP) is 9.75. The summed E-state index contributed by atoms with van der Waals surface area (Å²) in [5.74, 6) is 0.807. The highest BCUT2D eigenvalue weighted by Crippen LogP contribution is 2.60. The molecule has 6 atom stereocenters. The minimum Gasteiger partial charge on any atom is -0.334 e. The van der Waals surface area contributed by atoms with E-state index in [4.69, 9.17) is 4.74 Å². The fourth-order valence-corrected chi connectivity index (χ4v) is 9.38. The Kier molecular flexibility index (Phi) is 4.90. The highest BCUT2D eigenvalue weighted by molar-refractivity contribution is 6.27. The number of ether oxygens (including phenoxy) is 1. The molecule has 3 aliphatic heterocycles. The minimum absolute atomic E-state index is 0.0196. The van der Waals surface area contributed by atoms with E-state index in [-0.39, 0.29) is 12.5 Å². The lowest BCUT2D eigenvalue weighted by Crippen LogP contribution is -2.19.